The first-order valence-corrected chi connectivity index (χ1v) is 8.83. The third-order valence-electron chi connectivity index (χ3n) is 4.64. The van der Waals surface area contributed by atoms with Gasteiger partial charge in [0.05, 0.1) is 35.9 Å². The molecule has 0 atom stereocenters. The molecule has 0 aromatic carbocycles. The van der Waals surface area contributed by atoms with E-state index in [9.17, 15) is 4.79 Å². The molecule has 3 aromatic rings. The van der Waals surface area contributed by atoms with Crippen LogP contribution in [-0.4, -0.2) is 35.2 Å². The molecule has 8 nitrogen and oxygen atoms in total. The number of anilines is 1. The number of amides is 1. The summed E-state index contributed by atoms with van der Waals surface area (Å²) >= 11 is 0. The van der Waals surface area contributed by atoms with Gasteiger partial charge >= 0.3 is 0 Å². The van der Waals surface area contributed by atoms with Gasteiger partial charge in [0.25, 0.3) is 5.91 Å². The third-order valence-corrected chi connectivity index (χ3v) is 4.64. The van der Waals surface area contributed by atoms with E-state index in [1.165, 1.54) is 0 Å². The van der Waals surface area contributed by atoms with E-state index in [2.05, 4.69) is 34.5 Å². The Balaban J connectivity index is 1.73. The first-order chi connectivity index (χ1) is 12.4. The summed E-state index contributed by atoms with van der Waals surface area (Å²) in [6, 6.07) is 0. The molecule has 0 aliphatic heterocycles. The van der Waals surface area contributed by atoms with E-state index in [1.54, 1.807) is 10.9 Å². The quantitative estimate of drug-likeness (QED) is 0.737. The molecule has 8 heteroatoms. The van der Waals surface area contributed by atoms with Crippen LogP contribution >= 0.6 is 0 Å². The van der Waals surface area contributed by atoms with Crippen molar-refractivity contribution >= 4 is 11.6 Å². The Labute approximate surface area is 152 Å². The van der Waals surface area contributed by atoms with Gasteiger partial charge in [-0.15, -0.1) is 0 Å². The molecule has 0 radical (unpaired) electrons. The summed E-state index contributed by atoms with van der Waals surface area (Å²) in [7, 11) is 0. The van der Waals surface area contributed by atoms with Crippen LogP contribution in [0, 0.1) is 20.8 Å². The van der Waals surface area contributed by atoms with Crippen molar-refractivity contribution in [2.75, 3.05) is 5.32 Å². The zero-order valence-corrected chi connectivity index (χ0v) is 15.9. The van der Waals surface area contributed by atoms with E-state index in [-0.39, 0.29) is 5.91 Å². The monoisotopic (exact) mass is 355 g/mol. The van der Waals surface area contributed by atoms with E-state index in [1.807, 2.05) is 42.5 Å². The van der Waals surface area contributed by atoms with Crippen LogP contribution in [0.15, 0.2) is 18.6 Å². The topological polar surface area (TPSA) is 82.6 Å². The van der Waals surface area contributed by atoms with E-state index in [0.29, 0.717) is 17.8 Å². The average Bonchev–Trinajstić information content (AvgIpc) is 3.27. The van der Waals surface area contributed by atoms with Gasteiger partial charge in [-0.1, -0.05) is 0 Å². The SMILES string of the molecule is CCn1ncc(Cn2cc(NC(=O)c3c(C)nn(CC)c3C)cn2)c1C. The molecule has 0 saturated carbocycles. The summed E-state index contributed by atoms with van der Waals surface area (Å²) in [5, 5.41) is 16.0. The van der Waals surface area contributed by atoms with Gasteiger partial charge in [-0.05, 0) is 34.6 Å². The minimum atomic E-state index is -0.158. The second kappa shape index (κ2) is 7.15. The Morgan fingerprint density at radius 3 is 2.38 bits per heavy atom. The maximum Gasteiger partial charge on any atom is 0.259 e. The highest BCUT2D eigenvalue weighted by molar-refractivity contribution is 6.05. The molecule has 0 fully saturated rings. The number of rotatable bonds is 6. The molecule has 0 aliphatic carbocycles. The smallest absolute Gasteiger partial charge is 0.259 e. The van der Waals surface area contributed by atoms with Gasteiger partial charge in [-0.25, -0.2) is 0 Å². The molecule has 26 heavy (non-hydrogen) atoms. The molecule has 3 rings (SSSR count). The second-order valence-corrected chi connectivity index (χ2v) is 6.31. The van der Waals surface area contributed by atoms with Crippen molar-refractivity contribution in [3.63, 3.8) is 0 Å². The minimum Gasteiger partial charge on any atom is -0.319 e. The molecule has 0 aliphatic rings. The number of carbonyl (C=O) groups excluding carboxylic acids is 1. The minimum absolute atomic E-state index is 0.158. The Morgan fingerprint density at radius 2 is 1.77 bits per heavy atom. The van der Waals surface area contributed by atoms with E-state index in [0.717, 1.165) is 35.7 Å². The zero-order valence-electron chi connectivity index (χ0n) is 15.9. The van der Waals surface area contributed by atoms with Gasteiger partial charge in [0.2, 0.25) is 0 Å². The van der Waals surface area contributed by atoms with Crippen molar-refractivity contribution in [2.45, 2.75) is 54.3 Å². The molecular formula is C18H25N7O. The van der Waals surface area contributed by atoms with Crippen LogP contribution in [0.25, 0.3) is 0 Å². The largest absolute Gasteiger partial charge is 0.319 e. The number of hydrogen-bond acceptors (Lipinski definition) is 4. The number of nitrogens with one attached hydrogen (secondary N) is 1. The maximum atomic E-state index is 12.6. The van der Waals surface area contributed by atoms with E-state index in [4.69, 9.17) is 0 Å². The fourth-order valence-electron chi connectivity index (χ4n) is 3.18. The zero-order chi connectivity index (χ0) is 18.8. The van der Waals surface area contributed by atoms with Crippen LogP contribution in [0.2, 0.25) is 0 Å². The van der Waals surface area contributed by atoms with E-state index >= 15 is 0 Å². The molecule has 0 spiro atoms. The summed E-state index contributed by atoms with van der Waals surface area (Å²) in [4.78, 5) is 12.6. The number of hydrogen-bond donors (Lipinski definition) is 1. The summed E-state index contributed by atoms with van der Waals surface area (Å²) in [6.07, 6.45) is 5.35. The molecule has 1 amide bonds. The van der Waals surface area contributed by atoms with Crippen LogP contribution in [0.5, 0.6) is 0 Å². The molecule has 0 saturated heterocycles. The van der Waals surface area contributed by atoms with Gasteiger partial charge in [0, 0.05) is 36.2 Å². The molecule has 138 valence electrons. The van der Waals surface area contributed by atoms with Gasteiger partial charge in [0.15, 0.2) is 0 Å². The highest BCUT2D eigenvalue weighted by Gasteiger charge is 2.18. The van der Waals surface area contributed by atoms with Gasteiger partial charge in [-0.2, -0.15) is 15.3 Å². The molecule has 0 bridgehead atoms. The third kappa shape index (κ3) is 3.26. The Kier molecular flexibility index (Phi) is 4.92. The van der Waals surface area contributed by atoms with Crippen LogP contribution in [0.1, 0.15) is 46.9 Å². The number of aromatic nitrogens is 6. The molecule has 0 unspecified atom stereocenters. The van der Waals surface area contributed by atoms with Gasteiger partial charge in [-0.3, -0.25) is 18.8 Å². The van der Waals surface area contributed by atoms with Crippen LogP contribution in [-0.2, 0) is 19.6 Å². The van der Waals surface area contributed by atoms with E-state index < -0.39 is 0 Å². The lowest BCUT2D eigenvalue weighted by Gasteiger charge is -2.04. The van der Waals surface area contributed by atoms with Gasteiger partial charge < -0.3 is 5.32 Å². The van der Waals surface area contributed by atoms with Crippen molar-refractivity contribution in [1.29, 1.82) is 0 Å². The standard InChI is InChI=1S/C18H25N7O/c1-6-24-13(4)15(8-20-24)10-23-11-16(9-19-23)21-18(26)17-12(3)22-25(7-2)14(17)5/h8-9,11H,6-7,10H2,1-5H3,(H,21,26). The second-order valence-electron chi connectivity index (χ2n) is 6.31. The van der Waals surface area contributed by atoms with Crippen LogP contribution < -0.4 is 5.32 Å². The molecule has 3 heterocycles. The highest BCUT2D eigenvalue weighted by Crippen LogP contribution is 2.16. The predicted molar refractivity (Wildman–Crippen MR) is 99.3 cm³/mol. The summed E-state index contributed by atoms with van der Waals surface area (Å²) in [5.74, 6) is -0.158. The number of nitrogens with zero attached hydrogens (tertiary/aromatic N) is 6. The maximum absolute atomic E-state index is 12.6. The Morgan fingerprint density at radius 1 is 1.04 bits per heavy atom. The lowest BCUT2D eigenvalue weighted by atomic mass is 10.2. The van der Waals surface area contributed by atoms with Crippen LogP contribution in [0.3, 0.4) is 0 Å². The molecule has 1 N–H and O–H groups in total. The van der Waals surface area contributed by atoms with Crippen molar-refractivity contribution in [1.82, 2.24) is 29.3 Å². The normalized spacial score (nSPS) is 11.1. The summed E-state index contributed by atoms with van der Waals surface area (Å²) < 4.78 is 5.59. The molecule has 3 aromatic heterocycles. The fourth-order valence-corrected chi connectivity index (χ4v) is 3.18. The van der Waals surface area contributed by atoms with Crippen molar-refractivity contribution in [3.05, 3.63) is 46.8 Å². The fraction of sp³-hybridized carbons (Fsp3) is 0.444. The lowest BCUT2D eigenvalue weighted by Crippen LogP contribution is -2.14. The Bertz CT molecular complexity index is 932. The van der Waals surface area contributed by atoms with Crippen LogP contribution in [0.4, 0.5) is 5.69 Å². The van der Waals surface area contributed by atoms with Crippen molar-refractivity contribution in [3.8, 4) is 0 Å². The van der Waals surface area contributed by atoms with Gasteiger partial charge in [0.1, 0.15) is 0 Å². The van der Waals surface area contributed by atoms with Crippen molar-refractivity contribution in [2.24, 2.45) is 0 Å². The number of carbonyl (C=O) groups is 1. The Hall–Kier alpha value is -2.90. The molecular weight excluding hydrogens is 330 g/mol. The predicted octanol–water partition coefficient (Wildman–Crippen LogP) is 2.54. The lowest BCUT2D eigenvalue weighted by molar-refractivity contribution is 0.102. The first-order valence-electron chi connectivity index (χ1n) is 8.83. The van der Waals surface area contributed by atoms with Crippen molar-refractivity contribution < 1.29 is 4.79 Å². The summed E-state index contributed by atoms with van der Waals surface area (Å²) in [6.45, 7) is 12.1. The first kappa shape index (κ1) is 17.9. The summed E-state index contributed by atoms with van der Waals surface area (Å²) in [5.41, 5.74) is 5.14. The number of aryl methyl sites for hydroxylation is 3. The average molecular weight is 355 g/mol. The highest BCUT2D eigenvalue weighted by atomic mass is 16.1.